The molecule has 17 heavy (non-hydrogen) atoms. The maximum Gasteiger partial charge on any atom is 0.146 e. The summed E-state index contributed by atoms with van der Waals surface area (Å²) in [6.07, 6.45) is 0. The fourth-order valence-electron chi connectivity index (χ4n) is 2.31. The average Bonchev–Trinajstić information content (AvgIpc) is 2.32. The van der Waals surface area contributed by atoms with Crippen LogP contribution in [-0.4, -0.2) is 25.7 Å². The van der Waals surface area contributed by atoms with E-state index in [1.807, 2.05) is 19.1 Å². The molecule has 1 N–H and O–H groups in total. The third-order valence-electron chi connectivity index (χ3n) is 3.45. The van der Waals surface area contributed by atoms with Gasteiger partial charge in [-0.05, 0) is 30.5 Å². The van der Waals surface area contributed by atoms with Gasteiger partial charge in [-0.2, -0.15) is 0 Å². The van der Waals surface area contributed by atoms with Gasteiger partial charge in [-0.1, -0.05) is 19.9 Å². The van der Waals surface area contributed by atoms with E-state index < -0.39 is 0 Å². The lowest BCUT2D eigenvalue weighted by molar-refractivity contribution is 0.366. The summed E-state index contributed by atoms with van der Waals surface area (Å²) in [7, 11) is 0. The van der Waals surface area contributed by atoms with Crippen molar-refractivity contribution in [1.29, 1.82) is 0 Å². The summed E-state index contributed by atoms with van der Waals surface area (Å²) in [5, 5.41) is 3.49. The highest BCUT2D eigenvalue weighted by Gasteiger charge is 2.23. The number of hydrogen-bond donors (Lipinski definition) is 1. The van der Waals surface area contributed by atoms with E-state index in [-0.39, 0.29) is 5.82 Å². The molecule has 2 rings (SSSR count). The van der Waals surface area contributed by atoms with Gasteiger partial charge in [0.1, 0.15) is 5.82 Å². The van der Waals surface area contributed by atoms with Crippen molar-refractivity contribution in [1.82, 2.24) is 5.32 Å². The van der Waals surface area contributed by atoms with Crippen LogP contribution in [0.2, 0.25) is 0 Å². The third kappa shape index (κ3) is 2.78. The van der Waals surface area contributed by atoms with Gasteiger partial charge < -0.3 is 10.2 Å². The molecule has 1 fully saturated rings. The quantitative estimate of drug-likeness (QED) is 0.849. The van der Waals surface area contributed by atoms with Gasteiger partial charge in [-0.15, -0.1) is 0 Å². The number of nitrogens with zero attached hydrogens (tertiary/aromatic N) is 1. The molecule has 94 valence electrons. The van der Waals surface area contributed by atoms with Crippen LogP contribution < -0.4 is 10.2 Å². The molecule has 0 spiro atoms. The Kier molecular flexibility index (Phi) is 3.67. The van der Waals surface area contributed by atoms with Crippen LogP contribution in [0.5, 0.6) is 0 Å². The van der Waals surface area contributed by atoms with Crippen LogP contribution in [0.15, 0.2) is 18.2 Å². The Balaban J connectivity index is 2.18. The Bertz CT molecular complexity index is 390. The predicted molar refractivity (Wildman–Crippen MR) is 70.0 cm³/mol. The third-order valence-corrected chi connectivity index (χ3v) is 3.45. The van der Waals surface area contributed by atoms with Crippen LogP contribution in [0.3, 0.4) is 0 Å². The number of anilines is 1. The summed E-state index contributed by atoms with van der Waals surface area (Å²) in [6, 6.07) is 5.78. The minimum atomic E-state index is -0.111. The Morgan fingerprint density at radius 3 is 2.88 bits per heavy atom. The van der Waals surface area contributed by atoms with Crippen LogP contribution in [0, 0.1) is 18.7 Å². The molecule has 0 radical (unpaired) electrons. The molecule has 1 saturated heterocycles. The minimum absolute atomic E-state index is 0.111. The Labute approximate surface area is 103 Å². The molecule has 1 aliphatic heterocycles. The highest BCUT2D eigenvalue weighted by atomic mass is 19.1. The first kappa shape index (κ1) is 12.4. The Hall–Kier alpha value is -1.09. The number of benzene rings is 1. The normalized spacial score (nSPS) is 21.0. The molecular weight excluding hydrogens is 215 g/mol. The summed E-state index contributed by atoms with van der Waals surface area (Å²) in [5.41, 5.74) is 1.86. The van der Waals surface area contributed by atoms with E-state index >= 15 is 0 Å². The molecule has 1 aromatic rings. The number of halogens is 1. The highest BCUT2D eigenvalue weighted by Crippen LogP contribution is 2.23. The van der Waals surface area contributed by atoms with Crippen molar-refractivity contribution in [2.45, 2.75) is 26.8 Å². The summed E-state index contributed by atoms with van der Waals surface area (Å²) < 4.78 is 13.8. The van der Waals surface area contributed by atoms with E-state index in [1.54, 1.807) is 6.07 Å². The molecule has 1 heterocycles. The van der Waals surface area contributed by atoms with Crippen molar-refractivity contribution >= 4 is 5.69 Å². The van der Waals surface area contributed by atoms with E-state index in [1.165, 1.54) is 0 Å². The van der Waals surface area contributed by atoms with Gasteiger partial charge in [0.2, 0.25) is 0 Å². The minimum Gasteiger partial charge on any atom is -0.366 e. The molecule has 1 atom stereocenters. The first-order valence-electron chi connectivity index (χ1n) is 6.32. The molecule has 0 saturated carbocycles. The second kappa shape index (κ2) is 5.05. The summed E-state index contributed by atoms with van der Waals surface area (Å²) in [6.45, 7) is 9.10. The van der Waals surface area contributed by atoms with E-state index in [4.69, 9.17) is 0 Å². The number of aryl methyl sites for hydroxylation is 1. The molecule has 0 aliphatic carbocycles. The molecule has 1 unspecified atom stereocenters. The SMILES string of the molecule is Cc1ccc(F)c(N2CCNC(C(C)C)C2)c1. The molecule has 0 bridgehead atoms. The fourth-order valence-corrected chi connectivity index (χ4v) is 2.31. The van der Waals surface area contributed by atoms with Crippen LogP contribution >= 0.6 is 0 Å². The van der Waals surface area contributed by atoms with Gasteiger partial charge in [0.05, 0.1) is 5.69 Å². The molecule has 1 aromatic carbocycles. The number of hydrogen-bond acceptors (Lipinski definition) is 2. The Morgan fingerprint density at radius 2 is 2.18 bits per heavy atom. The molecule has 3 heteroatoms. The van der Waals surface area contributed by atoms with Crippen molar-refractivity contribution in [2.24, 2.45) is 5.92 Å². The van der Waals surface area contributed by atoms with Crippen LogP contribution in [-0.2, 0) is 0 Å². The van der Waals surface area contributed by atoms with Gasteiger partial charge in [0, 0.05) is 25.7 Å². The Morgan fingerprint density at radius 1 is 1.41 bits per heavy atom. The second-order valence-corrected chi connectivity index (χ2v) is 5.21. The smallest absolute Gasteiger partial charge is 0.146 e. The molecule has 2 nitrogen and oxygen atoms in total. The zero-order valence-electron chi connectivity index (χ0n) is 10.8. The van der Waals surface area contributed by atoms with Crippen molar-refractivity contribution < 1.29 is 4.39 Å². The van der Waals surface area contributed by atoms with Crippen LogP contribution in [0.4, 0.5) is 10.1 Å². The van der Waals surface area contributed by atoms with Crippen LogP contribution in [0.25, 0.3) is 0 Å². The van der Waals surface area contributed by atoms with Crippen molar-refractivity contribution in [2.75, 3.05) is 24.5 Å². The zero-order chi connectivity index (χ0) is 12.4. The van der Waals surface area contributed by atoms with Crippen molar-refractivity contribution in [3.05, 3.63) is 29.6 Å². The van der Waals surface area contributed by atoms with Crippen LogP contribution in [0.1, 0.15) is 19.4 Å². The lowest BCUT2D eigenvalue weighted by atomic mass is 10.0. The zero-order valence-corrected chi connectivity index (χ0v) is 10.8. The van der Waals surface area contributed by atoms with Gasteiger partial charge in [-0.3, -0.25) is 0 Å². The first-order valence-corrected chi connectivity index (χ1v) is 6.32. The van der Waals surface area contributed by atoms with E-state index in [0.717, 1.165) is 30.9 Å². The van der Waals surface area contributed by atoms with E-state index in [2.05, 4.69) is 24.1 Å². The van der Waals surface area contributed by atoms with Gasteiger partial charge in [-0.25, -0.2) is 4.39 Å². The van der Waals surface area contributed by atoms with E-state index in [0.29, 0.717) is 12.0 Å². The summed E-state index contributed by atoms with van der Waals surface area (Å²) >= 11 is 0. The maximum absolute atomic E-state index is 13.8. The maximum atomic E-state index is 13.8. The lowest BCUT2D eigenvalue weighted by Gasteiger charge is -2.37. The molecule has 0 amide bonds. The summed E-state index contributed by atoms with van der Waals surface area (Å²) in [4.78, 5) is 2.16. The second-order valence-electron chi connectivity index (χ2n) is 5.21. The topological polar surface area (TPSA) is 15.3 Å². The van der Waals surface area contributed by atoms with Crippen molar-refractivity contribution in [3.63, 3.8) is 0 Å². The number of nitrogens with one attached hydrogen (secondary N) is 1. The molecular formula is C14H21FN2. The standard InChI is InChI=1S/C14H21FN2/c1-10(2)13-9-17(7-6-16-13)14-8-11(3)4-5-12(14)15/h4-5,8,10,13,16H,6-7,9H2,1-3H3. The van der Waals surface area contributed by atoms with Gasteiger partial charge >= 0.3 is 0 Å². The van der Waals surface area contributed by atoms with E-state index in [9.17, 15) is 4.39 Å². The highest BCUT2D eigenvalue weighted by molar-refractivity contribution is 5.50. The average molecular weight is 236 g/mol. The van der Waals surface area contributed by atoms with Crippen molar-refractivity contribution in [3.8, 4) is 0 Å². The largest absolute Gasteiger partial charge is 0.366 e. The van der Waals surface area contributed by atoms with Gasteiger partial charge in [0.15, 0.2) is 0 Å². The lowest BCUT2D eigenvalue weighted by Crippen LogP contribution is -2.53. The molecule has 0 aromatic heterocycles. The number of piperazine rings is 1. The summed E-state index contributed by atoms with van der Waals surface area (Å²) in [5.74, 6) is 0.464. The predicted octanol–water partition coefficient (Wildman–Crippen LogP) is 2.57. The monoisotopic (exact) mass is 236 g/mol. The van der Waals surface area contributed by atoms with Gasteiger partial charge in [0.25, 0.3) is 0 Å². The first-order chi connectivity index (χ1) is 8.08. The number of rotatable bonds is 2. The fraction of sp³-hybridized carbons (Fsp3) is 0.571. The molecule has 1 aliphatic rings.